The molecule has 0 aromatic carbocycles. The van der Waals surface area contributed by atoms with Gasteiger partial charge in [0, 0.05) is 5.41 Å². The van der Waals surface area contributed by atoms with Gasteiger partial charge in [-0.15, -0.1) is 0 Å². The molecule has 106 valence electrons. The van der Waals surface area contributed by atoms with Crippen molar-refractivity contribution in [3.05, 3.63) is 0 Å². The van der Waals surface area contributed by atoms with E-state index in [4.69, 9.17) is 18.9 Å². The molecule has 0 bridgehead atoms. The fourth-order valence-corrected chi connectivity index (χ4v) is 2.40. The lowest BCUT2D eigenvalue weighted by molar-refractivity contribution is -0.0907. The minimum atomic E-state index is 0.0119. The van der Waals surface area contributed by atoms with Crippen molar-refractivity contribution in [1.82, 2.24) is 0 Å². The number of hydrogen-bond acceptors (Lipinski definition) is 4. The van der Waals surface area contributed by atoms with Crippen LogP contribution in [0.3, 0.4) is 0 Å². The van der Waals surface area contributed by atoms with Crippen LogP contribution in [-0.2, 0) is 18.9 Å². The van der Waals surface area contributed by atoms with Crippen molar-refractivity contribution < 1.29 is 18.9 Å². The first-order valence-corrected chi connectivity index (χ1v) is 6.91. The van der Waals surface area contributed by atoms with E-state index in [1.165, 1.54) is 0 Å². The molecule has 18 heavy (non-hydrogen) atoms. The predicted octanol–water partition coefficient (Wildman–Crippen LogP) is 1.87. The van der Waals surface area contributed by atoms with Crippen LogP contribution in [0.5, 0.6) is 0 Å². The summed E-state index contributed by atoms with van der Waals surface area (Å²) >= 11 is 0. The van der Waals surface area contributed by atoms with E-state index in [0.29, 0.717) is 37.9 Å². The number of rotatable bonds is 9. The predicted molar refractivity (Wildman–Crippen MR) is 68.7 cm³/mol. The number of epoxide rings is 2. The summed E-state index contributed by atoms with van der Waals surface area (Å²) in [5, 5.41) is 0. The Balaban J connectivity index is 1.75. The van der Waals surface area contributed by atoms with Crippen LogP contribution in [0.2, 0.25) is 0 Å². The SMILES string of the molecule is CC(C)C(OCC1CO1)C(C)(C)COCC1CO1. The molecule has 3 unspecified atom stereocenters. The highest BCUT2D eigenvalue weighted by Gasteiger charge is 2.36. The zero-order chi connectivity index (χ0) is 13.2. The van der Waals surface area contributed by atoms with Gasteiger partial charge in [-0.2, -0.15) is 0 Å². The lowest BCUT2D eigenvalue weighted by Crippen LogP contribution is -2.40. The van der Waals surface area contributed by atoms with Crippen molar-refractivity contribution in [1.29, 1.82) is 0 Å². The quantitative estimate of drug-likeness (QED) is 0.592. The first-order valence-electron chi connectivity index (χ1n) is 6.91. The fraction of sp³-hybridized carbons (Fsp3) is 1.00. The maximum atomic E-state index is 6.03. The second kappa shape index (κ2) is 5.87. The van der Waals surface area contributed by atoms with Crippen LogP contribution in [0.4, 0.5) is 0 Å². The van der Waals surface area contributed by atoms with Gasteiger partial charge in [0.15, 0.2) is 0 Å². The molecule has 0 N–H and O–H groups in total. The van der Waals surface area contributed by atoms with E-state index in [2.05, 4.69) is 27.7 Å². The molecule has 4 heteroatoms. The molecule has 0 aromatic rings. The summed E-state index contributed by atoms with van der Waals surface area (Å²) in [6.07, 6.45) is 0.851. The summed E-state index contributed by atoms with van der Waals surface area (Å²) < 4.78 is 22.1. The van der Waals surface area contributed by atoms with Gasteiger partial charge in [-0.3, -0.25) is 0 Å². The van der Waals surface area contributed by atoms with Gasteiger partial charge in [-0.05, 0) is 5.92 Å². The Morgan fingerprint density at radius 3 is 2.17 bits per heavy atom. The molecule has 0 radical (unpaired) electrons. The smallest absolute Gasteiger partial charge is 0.104 e. The molecule has 0 spiro atoms. The van der Waals surface area contributed by atoms with Gasteiger partial charge in [-0.25, -0.2) is 0 Å². The van der Waals surface area contributed by atoms with Gasteiger partial charge < -0.3 is 18.9 Å². The molecule has 0 aromatic heterocycles. The summed E-state index contributed by atoms with van der Waals surface area (Å²) in [4.78, 5) is 0. The van der Waals surface area contributed by atoms with Crippen LogP contribution in [0.15, 0.2) is 0 Å². The molecule has 2 aliphatic heterocycles. The average molecular weight is 258 g/mol. The van der Waals surface area contributed by atoms with Gasteiger partial charge >= 0.3 is 0 Å². The summed E-state index contributed by atoms with van der Waals surface area (Å²) in [6, 6.07) is 0. The Morgan fingerprint density at radius 1 is 1.11 bits per heavy atom. The fourth-order valence-electron chi connectivity index (χ4n) is 2.40. The lowest BCUT2D eigenvalue weighted by atomic mass is 9.81. The highest BCUT2D eigenvalue weighted by molar-refractivity contribution is 4.83. The Morgan fingerprint density at radius 2 is 1.67 bits per heavy atom. The van der Waals surface area contributed by atoms with E-state index < -0.39 is 0 Å². The van der Waals surface area contributed by atoms with E-state index in [1.807, 2.05) is 0 Å². The van der Waals surface area contributed by atoms with Crippen LogP contribution in [0.25, 0.3) is 0 Å². The maximum Gasteiger partial charge on any atom is 0.104 e. The first kappa shape index (κ1) is 14.3. The molecule has 2 saturated heterocycles. The van der Waals surface area contributed by atoms with Crippen molar-refractivity contribution in [2.45, 2.75) is 46.0 Å². The van der Waals surface area contributed by atoms with Gasteiger partial charge in [0.1, 0.15) is 12.2 Å². The Hall–Kier alpha value is -0.160. The topological polar surface area (TPSA) is 43.5 Å². The minimum absolute atomic E-state index is 0.0119. The minimum Gasteiger partial charge on any atom is -0.378 e. The summed E-state index contributed by atoms with van der Waals surface area (Å²) in [5.74, 6) is 0.472. The van der Waals surface area contributed by atoms with E-state index >= 15 is 0 Å². The molecular formula is C14H26O4. The third-order valence-corrected chi connectivity index (χ3v) is 3.42. The molecule has 2 rings (SSSR count). The zero-order valence-corrected chi connectivity index (χ0v) is 12.0. The first-order chi connectivity index (χ1) is 8.49. The maximum absolute atomic E-state index is 6.03. The van der Waals surface area contributed by atoms with Gasteiger partial charge in [0.2, 0.25) is 0 Å². The van der Waals surface area contributed by atoms with E-state index in [1.54, 1.807) is 0 Å². The molecule has 0 saturated carbocycles. The van der Waals surface area contributed by atoms with Crippen molar-refractivity contribution in [2.24, 2.45) is 11.3 Å². The summed E-state index contributed by atoms with van der Waals surface area (Å²) in [7, 11) is 0. The molecule has 3 atom stereocenters. The van der Waals surface area contributed by atoms with Gasteiger partial charge in [-0.1, -0.05) is 27.7 Å². The van der Waals surface area contributed by atoms with Gasteiger partial charge in [0.25, 0.3) is 0 Å². The van der Waals surface area contributed by atoms with Crippen LogP contribution in [-0.4, -0.2) is 51.3 Å². The Kier molecular flexibility index (Phi) is 4.64. The van der Waals surface area contributed by atoms with Crippen molar-refractivity contribution in [3.63, 3.8) is 0 Å². The van der Waals surface area contributed by atoms with Gasteiger partial charge in [0.05, 0.1) is 39.1 Å². The third-order valence-electron chi connectivity index (χ3n) is 3.42. The molecule has 0 amide bonds. The molecule has 0 aliphatic carbocycles. The largest absolute Gasteiger partial charge is 0.378 e. The van der Waals surface area contributed by atoms with Crippen LogP contribution >= 0.6 is 0 Å². The normalized spacial score (nSPS) is 28.5. The van der Waals surface area contributed by atoms with Crippen LogP contribution in [0.1, 0.15) is 27.7 Å². The highest BCUT2D eigenvalue weighted by atomic mass is 16.6. The van der Waals surface area contributed by atoms with E-state index in [9.17, 15) is 0 Å². The number of hydrogen-bond donors (Lipinski definition) is 0. The van der Waals surface area contributed by atoms with E-state index in [-0.39, 0.29) is 11.5 Å². The number of ether oxygens (including phenoxy) is 4. The van der Waals surface area contributed by atoms with Crippen molar-refractivity contribution >= 4 is 0 Å². The summed E-state index contributed by atoms with van der Waals surface area (Å²) in [5.41, 5.74) is 0.0119. The third kappa shape index (κ3) is 4.50. The molecule has 4 nitrogen and oxygen atoms in total. The van der Waals surface area contributed by atoms with Crippen molar-refractivity contribution in [2.75, 3.05) is 33.0 Å². The Bertz CT molecular complexity index is 257. The highest BCUT2D eigenvalue weighted by Crippen LogP contribution is 2.30. The summed E-state index contributed by atoms with van der Waals surface area (Å²) in [6.45, 7) is 12.6. The van der Waals surface area contributed by atoms with Crippen LogP contribution < -0.4 is 0 Å². The lowest BCUT2D eigenvalue weighted by Gasteiger charge is -2.36. The second-order valence-corrected chi connectivity index (χ2v) is 6.41. The van der Waals surface area contributed by atoms with E-state index in [0.717, 1.165) is 13.2 Å². The second-order valence-electron chi connectivity index (χ2n) is 6.41. The van der Waals surface area contributed by atoms with Crippen LogP contribution in [0, 0.1) is 11.3 Å². The molecule has 2 aliphatic rings. The average Bonchev–Trinajstić information content (AvgIpc) is 3.11. The molecule has 2 heterocycles. The van der Waals surface area contributed by atoms with Crippen molar-refractivity contribution in [3.8, 4) is 0 Å². The standard InChI is InChI=1S/C14H26O4/c1-10(2)13(18-8-12-7-17-12)14(3,4)9-15-5-11-6-16-11/h10-13H,5-9H2,1-4H3. The molecule has 2 fully saturated rings. The zero-order valence-electron chi connectivity index (χ0n) is 12.0. The molecular weight excluding hydrogens is 232 g/mol. The monoisotopic (exact) mass is 258 g/mol. The Labute approximate surface area is 110 Å².